The lowest BCUT2D eigenvalue weighted by Crippen LogP contribution is -2.35. The van der Waals surface area contributed by atoms with E-state index < -0.39 is 33.7 Å². The van der Waals surface area contributed by atoms with E-state index in [4.69, 9.17) is 13.7 Å². The summed E-state index contributed by atoms with van der Waals surface area (Å²) in [5.74, 6) is -0.786. The zero-order valence-electron chi connectivity index (χ0n) is 15.6. The summed E-state index contributed by atoms with van der Waals surface area (Å²) in [5.41, 5.74) is -0.0295. The Balaban J connectivity index is 2.94. The molecule has 0 saturated carbocycles. The first-order valence-corrected chi connectivity index (χ1v) is 9.74. The Labute approximate surface area is 153 Å². The summed E-state index contributed by atoms with van der Waals surface area (Å²) in [4.78, 5) is 23.5. The Bertz CT molecular complexity index is 738. The zero-order valence-corrected chi connectivity index (χ0v) is 16.4. The SMILES string of the molecule is COC(=O)CC(CNC(=O)OC(C)(C)C)c1cccc(OS(C)(=O)=O)c1. The van der Waals surface area contributed by atoms with Gasteiger partial charge in [0.25, 0.3) is 0 Å². The summed E-state index contributed by atoms with van der Waals surface area (Å²) in [7, 11) is -2.41. The number of carbonyl (C=O) groups excluding carboxylic acids is 2. The van der Waals surface area contributed by atoms with E-state index in [1.165, 1.54) is 19.2 Å². The maximum absolute atomic E-state index is 11.9. The van der Waals surface area contributed by atoms with Gasteiger partial charge in [-0.1, -0.05) is 12.1 Å². The van der Waals surface area contributed by atoms with Crippen LogP contribution in [0.1, 0.15) is 38.7 Å². The molecule has 1 unspecified atom stereocenters. The van der Waals surface area contributed by atoms with Crippen molar-refractivity contribution in [3.05, 3.63) is 29.8 Å². The van der Waals surface area contributed by atoms with Crippen LogP contribution < -0.4 is 9.50 Å². The molecule has 0 fully saturated rings. The lowest BCUT2D eigenvalue weighted by molar-refractivity contribution is -0.141. The largest absolute Gasteiger partial charge is 0.469 e. The standard InChI is InChI=1S/C17H25NO7S/c1-17(2,3)24-16(20)18-11-13(10-15(19)23-4)12-7-6-8-14(9-12)25-26(5,21)22/h6-9,13H,10-11H2,1-5H3,(H,18,20). The van der Waals surface area contributed by atoms with Gasteiger partial charge in [0.05, 0.1) is 19.8 Å². The van der Waals surface area contributed by atoms with Crippen LogP contribution in [0.4, 0.5) is 4.79 Å². The summed E-state index contributed by atoms with van der Waals surface area (Å²) < 4.78 is 37.3. The van der Waals surface area contributed by atoms with Gasteiger partial charge in [-0.3, -0.25) is 4.79 Å². The van der Waals surface area contributed by atoms with Crippen molar-refractivity contribution < 1.29 is 31.7 Å². The van der Waals surface area contributed by atoms with Gasteiger partial charge in [-0.15, -0.1) is 0 Å². The van der Waals surface area contributed by atoms with Gasteiger partial charge < -0.3 is 19.0 Å². The minimum Gasteiger partial charge on any atom is -0.469 e. The van der Waals surface area contributed by atoms with E-state index in [2.05, 4.69) is 5.32 Å². The van der Waals surface area contributed by atoms with Crippen LogP contribution >= 0.6 is 0 Å². The zero-order chi connectivity index (χ0) is 20.0. The molecular formula is C17H25NO7S. The lowest BCUT2D eigenvalue weighted by atomic mass is 9.95. The molecule has 1 atom stereocenters. The summed E-state index contributed by atoms with van der Waals surface area (Å²) in [5, 5.41) is 2.61. The summed E-state index contributed by atoms with van der Waals surface area (Å²) >= 11 is 0. The molecule has 1 N–H and O–H groups in total. The molecule has 9 heteroatoms. The average Bonchev–Trinajstić information content (AvgIpc) is 2.48. The minimum absolute atomic E-state index is 0.00533. The fourth-order valence-electron chi connectivity index (χ4n) is 2.11. The van der Waals surface area contributed by atoms with Crippen LogP contribution in [0.25, 0.3) is 0 Å². The first-order chi connectivity index (χ1) is 11.9. The van der Waals surface area contributed by atoms with Crippen molar-refractivity contribution in [2.45, 2.75) is 38.7 Å². The van der Waals surface area contributed by atoms with Gasteiger partial charge in [-0.25, -0.2) is 4.79 Å². The molecule has 0 aromatic heterocycles. The Morgan fingerprint density at radius 1 is 1.23 bits per heavy atom. The fraction of sp³-hybridized carbons (Fsp3) is 0.529. The molecule has 0 radical (unpaired) electrons. The molecule has 8 nitrogen and oxygen atoms in total. The van der Waals surface area contributed by atoms with Crippen molar-refractivity contribution in [2.75, 3.05) is 19.9 Å². The molecule has 1 rings (SSSR count). The number of ether oxygens (including phenoxy) is 2. The summed E-state index contributed by atoms with van der Waals surface area (Å²) in [6, 6.07) is 6.31. The highest BCUT2D eigenvalue weighted by molar-refractivity contribution is 7.86. The molecule has 1 amide bonds. The van der Waals surface area contributed by atoms with Crippen LogP contribution in [0.5, 0.6) is 5.75 Å². The van der Waals surface area contributed by atoms with Crippen molar-refractivity contribution in [3.63, 3.8) is 0 Å². The van der Waals surface area contributed by atoms with Crippen molar-refractivity contribution in [2.24, 2.45) is 0 Å². The maximum atomic E-state index is 11.9. The fourth-order valence-corrected chi connectivity index (χ4v) is 2.56. The van der Waals surface area contributed by atoms with E-state index >= 15 is 0 Å². The van der Waals surface area contributed by atoms with Gasteiger partial charge >= 0.3 is 22.2 Å². The predicted molar refractivity (Wildman–Crippen MR) is 95.5 cm³/mol. The lowest BCUT2D eigenvalue weighted by Gasteiger charge is -2.22. The number of esters is 1. The van der Waals surface area contributed by atoms with Gasteiger partial charge in [0.1, 0.15) is 11.4 Å². The number of hydrogen-bond acceptors (Lipinski definition) is 7. The van der Waals surface area contributed by atoms with Crippen molar-refractivity contribution in [3.8, 4) is 5.75 Å². The quantitative estimate of drug-likeness (QED) is 0.564. The van der Waals surface area contributed by atoms with Crippen molar-refractivity contribution in [1.29, 1.82) is 0 Å². The maximum Gasteiger partial charge on any atom is 0.407 e. The molecular weight excluding hydrogens is 362 g/mol. The van der Waals surface area contributed by atoms with Gasteiger partial charge in [0.15, 0.2) is 0 Å². The van der Waals surface area contributed by atoms with Crippen LogP contribution in [-0.2, 0) is 24.4 Å². The second-order valence-electron chi connectivity index (χ2n) is 6.72. The number of rotatable bonds is 7. The van der Waals surface area contributed by atoms with E-state index in [0.29, 0.717) is 5.56 Å². The second kappa shape index (κ2) is 8.88. The van der Waals surface area contributed by atoms with E-state index in [0.717, 1.165) is 6.26 Å². The molecule has 1 aromatic rings. The third kappa shape index (κ3) is 8.70. The number of hydrogen-bond donors (Lipinski definition) is 1. The monoisotopic (exact) mass is 387 g/mol. The van der Waals surface area contributed by atoms with Crippen LogP contribution in [0.3, 0.4) is 0 Å². The van der Waals surface area contributed by atoms with Gasteiger partial charge in [0.2, 0.25) is 0 Å². The van der Waals surface area contributed by atoms with Crippen molar-refractivity contribution in [1.82, 2.24) is 5.32 Å². The van der Waals surface area contributed by atoms with Crippen LogP contribution in [0.15, 0.2) is 24.3 Å². The third-order valence-corrected chi connectivity index (χ3v) is 3.60. The number of methoxy groups -OCH3 is 1. The minimum atomic E-state index is -3.67. The molecule has 0 aliphatic rings. The van der Waals surface area contributed by atoms with E-state index in [1.807, 2.05) is 0 Å². The van der Waals surface area contributed by atoms with Crippen LogP contribution in [0, 0.1) is 0 Å². The Morgan fingerprint density at radius 2 is 1.88 bits per heavy atom. The first kappa shape index (κ1) is 21.8. The first-order valence-electron chi connectivity index (χ1n) is 7.92. The van der Waals surface area contributed by atoms with E-state index in [9.17, 15) is 18.0 Å². The molecule has 0 aliphatic carbocycles. The van der Waals surface area contributed by atoms with Gasteiger partial charge in [-0.2, -0.15) is 8.42 Å². The molecule has 0 bridgehead atoms. The number of nitrogens with one attached hydrogen (secondary N) is 1. The van der Waals surface area contributed by atoms with Gasteiger partial charge in [0, 0.05) is 12.5 Å². The third-order valence-electron chi connectivity index (χ3n) is 3.11. The number of alkyl carbamates (subject to hydrolysis) is 1. The van der Waals surface area contributed by atoms with E-state index in [1.54, 1.807) is 32.9 Å². The highest BCUT2D eigenvalue weighted by Gasteiger charge is 2.21. The molecule has 26 heavy (non-hydrogen) atoms. The van der Waals surface area contributed by atoms with Crippen LogP contribution in [-0.4, -0.2) is 46.0 Å². The molecule has 0 spiro atoms. The molecule has 0 heterocycles. The molecule has 146 valence electrons. The Hall–Kier alpha value is -2.29. The van der Waals surface area contributed by atoms with Gasteiger partial charge in [-0.05, 0) is 38.5 Å². The average molecular weight is 387 g/mol. The van der Waals surface area contributed by atoms with E-state index in [-0.39, 0.29) is 18.7 Å². The molecule has 0 saturated heterocycles. The topological polar surface area (TPSA) is 108 Å². The molecule has 1 aromatic carbocycles. The smallest absolute Gasteiger partial charge is 0.407 e. The highest BCUT2D eigenvalue weighted by Crippen LogP contribution is 2.24. The normalized spacial score (nSPS) is 12.8. The Kier molecular flexibility index (Phi) is 7.43. The Morgan fingerprint density at radius 3 is 2.42 bits per heavy atom. The number of carbonyl (C=O) groups is 2. The number of amides is 1. The number of benzene rings is 1. The summed E-state index contributed by atoms with van der Waals surface area (Å²) in [6.45, 7) is 5.33. The molecule has 0 aliphatic heterocycles. The second-order valence-corrected chi connectivity index (χ2v) is 8.29. The highest BCUT2D eigenvalue weighted by atomic mass is 32.2. The predicted octanol–water partition coefficient (Wildman–Crippen LogP) is 2.20. The summed E-state index contributed by atoms with van der Waals surface area (Å²) in [6.07, 6.45) is 0.320. The van der Waals surface area contributed by atoms with Crippen LogP contribution in [0.2, 0.25) is 0 Å². The van der Waals surface area contributed by atoms with Crippen molar-refractivity contribution >= 4 is 22.2 Å².